The summed E-state index contributed by atoms with van der Waals surface area (Å²) in [5.41, 5.74) is 2.78. The largest absolute Gasteiger partial charge is 0.493 e. The first-order valence-corrected chi connectivity index (χ1v) is 11.8. The van der Waals surface area contributed by atoms with Crippen LogP contribution in [0, 0.1) is 29.1 Å². The lowest BCUT2D eigenvalue weighted by Crippen LogP contribution is -2.48. The fourth-order valence-corrected chi connectivity index (χ4v) is 7.13. The molecule has 0 aromatic heterocycles. The number of amides is 1. The van der Waals surface area contributed by atoms with E-state index < -0.39 is 0 Å². The Labute approximate surface area is 179 Å². The van der Waals surface area contributed by atoms with Gasteiger partial charge < -0.3 is 9.64 Å². The maximum absolute atomic E-state index is 12.9. The van der Waals surface area contributed by atoms with Crippen molar-refractivity contribution in [1.82, 2.24) is 4.90 Å². The van der Waals surface area contributed by atoms with Gasteiger partial charge in [-0.3, -0.25) is 4.79 Å². The molecular weight excluding hydrogens is 372 g/mol. The van der Waals surface area contributed by atoms with Crippen molar-refractivity contribution < 1.29 is 9.53 Å². The van der Waals surface area contributed by atoms with Gasteiger partial charge >= 0.3 is 0 Å². The molecule has 1 aromatic carbocycles. The van der Waals surface area contributed by atoms with E-state index in [1.165, 1.54) is 44.1 Å². The summed E-state index contributed by atoms with van der Waals surface area (Å²) in [5.74, 6) is 3.28. The summed E-state index contributed by atoms with van der Waals surface area (Å²) in [7, 11) is 0. The van der Waals surface area contributed by atoms with E-state index in [0.29, 0.717) is 6.61 Å². The second-order valence-corrected chi connectivity index (χ2v) is 10.1. The molecule has 1 saturated heterocycles. The van der Waals surface area contributed by atoms with Gasteiger partial charge in [0.05, 0.1) is 6.61 Å². The van der Waals surface area contributed by atoms with Crippen LogP contribution in [0.15, 0.2) is 23.8 Å². The van der Waals surface area contributed by atoms with Gasteiger partial charge in [-0.2, -0.15) is 5.26 Å². The number of carbonyl (C=O) groups excluding carboxylic acids is 1. The predicted octanol–water partition coefficient (Wildman–Crippen LogP) is 5.08. The van der Waals surface area contributed by atoms with Crippen molar-refractivity contribution in [2.24, 2.45) is 17.8 Å². The maximum atomic E-state index is 12.9. The molecule has 1 aliphatic heterocycles. The summed E-state index contributed by atoms with van der Waals surface area (Å²) >= 11 is 0. The van der Waals surface area contributed by atoms with Gasteiger partial charge in [0.2, 0.25) is 0 Å². The molecule has 1 amide bonds. The molecular formula is C26H32N2O2. The predicted molar refractivity (Wildman–Crippen MR) is 117 cm³/mol. The summed E-state index contributed by atoms with van der Waals surface area (Å²) in [6.45, 7) is 4.05. The number of hydrogen-bond donors (Lipinski definition) is 0. The Morgan fingerprint density at radius 3 is 2.37 bits per heavy atom. The summed E-state index contributed by atoms with van der Waals surface area (Å²) in [4.78, 5) is 14.7. The second-order valence-electron chi connectivity index (χ2n) is 10.1. The third-order valence-corrected chi connectivity index (χ3v) is 8.00. The van der Waals surface area contributed by atoms with Crippen molar-refractivity contribution in [3.8, 4) is 11.8 Å². The number of nitrogens with zero attached hydrogens (tertiary/aromatic N) is 2. The van der Waals surface area contributed by atoms with Gasteiger partial charge in [-0.1, -0.05) is 6.07 Å². The SMILES string of the molecule is CCOc1ccc(C23CC4CC(CC(C4)C2)C3)cc1/C=C(\C#N)C(=O)N1CCCC1. The van der Waals surface area contributed by atoms with Crippen LogP contribution in [0.25, 0.3) is 6.08 Å². The minimum atomic E-state index is -0.141. The molecule has 1 heterocycles. The molecule has 1 aromatic rings. The van der Waals surface area contributed by atoms with Gasteiger partial charge in [0, 0.05) is 18.7 Å². The number of likely N-dealkylation sites (tertiary alicyclic amines) is 1. The number of hydrogen-bond acceptors (Lipinski definition) is 3. The molecule has 158 valence electrons. The zero-order valence-electron chi connectivity index (χ0n) is 18.0. The number of nitriles is 1. The van der Waals surface area contributed by atoms with Gasteiger partial charge in [-0.05, 0) is 105 Å². The highest BCUT2D eigenvalue weighted by Gasteiger charge is 2.51. The lowest BCUT2D eigenvalue weighted by Gasteiger charge is -2.57. The van der Waals surface area contributed by atoms with E-state index in [4.69, 9.17) is 4.74 Å². The molecule has 4 heteroatoms. The van der Waals surface area contributed by atoms with E-state index >= 15 is 0 Å². The maximum Gasteiger partial charge on any atom is 0.264 e. The average molecular weight is 405 g/mol. The van der Waals surface area contributed by atoms with Crippen molar-refractivity contribution in [1.29, 1.82) is 5.26 Å². The van der Waals surface area contributed by atoms with Gasteiger partial charge in [-0.25, -0.2) is 0 Å². The molecule has 4 saturated carbocycles. The molecule has 4 aliphatic carbocycles. The summed E-state index contributed by atoms with van der Waals surface area (Å²) in [6, 6.07) is 8.72. The standard InChI is InChI=1S/C26H32N2O2/c1-2-30-24-6-5-23(26-14-18-9-19(15-26)11-20(10-18)16-26)13-21(24)12-22(17-27)25(29)28-7-3-4-8-28/h5-6,12-13,18-20H,2-4,7-11,14-16H2,1H3/b22-12+. The topological polar surface area (TPSA) is 53.3 Å². The Hall–Kier alpha value is -2.28. The summed E-state index contributed by atoms with van der Waals surface area (Å²) in [5, 5.41) is 9.73. The number of rotatable bonds is 5. The Morgan fingerprint density at radius 2 is 1.80 bits per heavy atom. The first kappa shape index (κ1) is 19.7. The molecule has 5 fully saturated rings. The smallest absolute Gasteiger partial charge is 0.264 e. The van der Waals surface area contributed by atoms with E-state index in [1.807, 2.05) is 6.92 Å². The van der Waals surface area contributed by atoms with Crippen molar-refractivity contribution in [2.45, 2.75) is 63.7 Å². The quantitative estimate of drug-likeness (QED) is 0.508. The normalized spacial score (nSPS) is 32.3. The van der Waals surface area contributed by atoms with Gasteiger partial charge in [-0.15, -0.1) is 0 Å². The molecule has 30 heavy (non-hydrogen) atoms. The van der Waals surface area contributed by atoms with Crippen molar-refractivity contribution in [3.05, 3.63) is 34.9 Å². The first-order chi connectivity index (χ1) is 14.6. The fraction of sp³-hybridized carbons (Fsp3) is 0.615. The highest BCUT2D eigenvalue weighted by atomic mass is 16.5. The van der Waals surface area contributed by atoms with Crippen molar-refractivity contribution >= 4 is 12.0 Å². The zero-order valence-corrected chi connectivity index (χ0v) is 18.0. The van der Waals surface area contributed by atoms with Crippen LogP contribution < -0.4 is 4.74 Å². The Bertz CT molecular complexity index is 869. The lowest BCUT2D eigenvalue weighted by atomic mass is 9.48. The molecule has 4 nitrogen and oxygen atoms in total. The van der Waals surface area contributed by atoms with E-state index in [-0.39, 0.29) is 16.9 Å². The van der Waals surface area contributed by atoms with E-state index in [0.717, 1.165) is 55.0 Å². The monoisotopic (exact) mass is 404 g/mol. The van der Waals surface area contributed by atoms with E-state index in [9.17, 15) is 10.1 Å². The molecule has 4 bridgehead atoms. The molecule has 6 rings (SSSR count). The zero-order chi connectivity index (χ0) is 20.7. The van der Waals surface area contributed by atoms with Crippen LogP contribution in [-0.2, 0) is 10.2 Å². The Kier molecular flexibility index (Phi) is 5.09. The van der Waals surface area contributed by atoms with Crippen LogP contribution in [0.2, 0.25) is 0 Å². The van der Waals surface area contributed by atoms with Crippen LogP contribution in [0.5, 0.6) is 5.75 Å². The van der Waals surface area contributed by atoms with Crippen LogP contribution in [-0.4, -0.2) is 30.5 Å². The van der Waals surface area contributed by atoms with Gasteiger partial charge in [0.15, 0.2) is 0 Å². The molecule has 0 radical (unpaired) electrons. The summed E-state index contributed by atoms with van der Waals surface area (Å²) < 4.78 is 5.88. The number of carbonyl (C=O) groups is 1. The molecule has 0 N–H and O–H groups in total. The summed E-state index contributed by atoms with van der Waals surface area (Å²) in [6.07, 6.45) is 12.0. The Morgan fingerprint density at radius 1 is 1.17 bits per heavy atom. The van der Waals surface area contributed by atoms with E-state index in [1.54, 1.807) is 11.0 Å². The second kappa shape index (κ2) is 7.76. The average Bonchev–Trinajstić information content (AvgIpc) is 3.26. The van der Waals surface area contributed by atoms with Crippen molar-refractivity contribution in [2.75, 3.05) is 19.7 Å². The molecule has 5 aliphatic rings. The van der Waals surface area contributed by atoms with Crippen LogP contribution in [0.4, 0.5) is 0 Å². The van der Waals surface area contributed by atoms with Crippen molar-refractivity contribution in [3.63, 3.8) is 0 Å². The minimum Gasteiger partial charge on any atom is -0.493 e. The van der Waals surface area contributed by atoms with Crippen LogP contribution in [0.3, 0.4) is 0 Å². The van der Waals surface area contributed by atoms with Gasteiger partial charge in [0.1, 0.15) is 17.4 Å². The fourth-order valence-electron chi connectivity index (χ4n) is 7.13. The first-order valence-electron chi connectivity index (χ1n) is 11.8. The van der Waals surface area contributed by atoms with Crippen LogP contribution in [0.1, 0.15) is 69.4 Å². The van der Waals surface area contributed by atoms with Crippen LogP contribution >= 0.6 is 0 Å². The third-order valence-electron chi connectivity index (χ3n) is 8.00. The molecule has 0 atom stereocenters. The minimum absolute atomic E-state index is 0.141. The van der Waals surface area contributed by atoms with E-state index in [2.05, 4.69) is 24.3 Å². The number of ether oxygens (including phenoxy) is 1. The third kappa shape index (κ3) is 3.43. The molecule has 0 spiro atoms. The highest BCUT2D eigenvalue weighted by molar-refractivity contribution is 6.02. The number of benzene rings is 1. The van der Waals surface area contributed by atoms with Gasteiger partial charge in [0.25, 0.3) is 5.91 Å². The molecule has 0 unspecified atom stereocenters. The Balaban J connectivity index is 1.51. The highest BCUT2D eigenvalue weighted by Crippen LogP contribution is 2.60. The lowest BCUT2D eigenvalue weighted by molar-refractivity contribution is -0.125.